The average Bonchev–Trinajstić information content (AvgIpc) is 3.30. The molecule has 1 aromatic heterocycles. The van der Waals surface area contributed by atoms with E-state index in [9.17, 15) is 4.79 Å². The van der Waals surface area contributed by atoms with Gasteiger partial charge >= 0.3 is 5.97 Å². The molecule has 0 bridgehead atoms. The first-order valence-corrected chi connectivity index (χ1v) is 8.41. The molecule has 0 radical (unpaired) electrons. The van der Waals surface area contributed by atoms with Gasteiger partial charge in [0.25, 0.3) is 5.89 Å². The van der Waals surface area contributed by atoms with Gasteiger partial charge in [0.1, 0.15) is 0 Å². The predicted octanol–water partition coefficient (Wildman–Crippen LogP) is 2.67. The molecule has 2 unspecified atom stereocenters. The first kappa shape index (κ1) is 17.6. The maximum Gasteiger partial charge on any atom is 0.335 e. The van der Waals surface area contributed by atoms with Gasteiger partial charge in [0.2, 0.25) is 5.89 Å². The monoisotopic (exact) mass is 346 g/mol. The van der Waals surface area contributed by atoms with Crippen molar-refractivity contribution in [2.75, 3.05) is 13.2 Å². The van der Waals surface area contributed by atoms with E-state index in [0.29, 0.717) is 12.5 Å². The Morgan fingerprint density at radius 1 is 1.32 bits per heavy atom. The summed E-state index contributed by atoms with van der Waals surface area (Å²) in [6, 6.07) is 7.73. The van der Waals surface area contributed by atoms with E-state index in [4.69, 9.17) is 18.6 Å². The van der Waals surface area contributed by atoms with Crippen molar-refractivity contribution < 1.29 is 23.4 Å². The van der Waals surface area contributed by atoms with Gasteiger partial charge in [-0.1, -0.05) is 17.7 Å². The maximum atomic E-state index is 12.0. The third-order valence-electron chi connectivity index (χ3n) is 3.99. The van der Waals surface area contributed by atoms with Crippen molar-refractivity contribution in [3.05, 3.63) is 35.7 Å². The van der Waals surface area contributed by atoms with Crippen LogP contribution in [0.15, 0.2) is 28.7 Å². The Balaban J connectivity index is 1.46. The van der Waals surface area contributed by atoms with E-state index >= 15 is 0 Å². The fourth-order valence-electron chi connectivity index (χ4n) is 2.47. The molecule has 0 N–H and O–H groups in total. The summed E-state index contributed by atoms with van der Waals surface area (Å²) in [5.74, 6) is 0.178. The van der Waals surface area contributed by atoms with Gasteiger partial charge in [-0.05, 0) is 38.8 Å². The van der Waals surface area contributed by atoms with Gasteiger partial charge in [0.15, 0.2) is 12.7 Å². The van der Waals surface area contributed by atoms with E-state index in [0.717, 1.165) is 30.6 Å². The number of aromatic nitrogens is 2. The number of hydrogen-bond donors (Lipinski definition) is 0. The first-order chi connectivity index (χ1) is 12.1. The molecule has 1 aliphatic rings. The number of rotatable bonds is 7. The van der Waals surface area contributed by atoms with Crippen molar-refractivity contribution in [1.29, 1.82) is 0 Å². The topological polar surface area (TPSA) is 83.7 Å². The molecule has 25 heavy (non-hydrogen) atoms. The Kier molecular flexibility index (Phi) is 5.78. The molecule has 1 aliphatic heterocycles. The van der Waals surface area contributed by atoms with Crippen LogP contribution in [0, 0.1) is 6.92 Å². The van der Waals surface area contributed by atoms with Crippen molar-refractivity contribution in [3.8, 4) is 11.5 Å². The highest BCUT2D eigenvalue weighted by atomic mass is 16.6. The molecular formula is C18H22N2O5. The van der Waals surface area contributed by atoms with Gasteiger partial charge < -0.3 is 18.6 Å². The molecule has 0 saturated carbocycles. The molecule has 0 spiro atoms. The molecule has 1 saturated heterocycles. The molecule has 1 aromatic carbocycles. The van der Waals surface area contributed by atoms with E-state index < -0.39 is 12.1 Å². The van der Waals surface area contributed by atoms with Crippen LogP contribution in [0.5, 0.6) is 0 Å². The van der Waals surface area contributed by atoms with E-state index in [1.807, 2.05) is 31.2 Å². The number of aryl methyl sites for hydroxylation is 1. The highest BCUT2D eigenvalue weighted by molar-refractivity contribution is 5.74. The Morgan fingerprint density at radius 3 is 2.84 bits per heavy atom. The fourth-order valence-corrected chi connectivity index (χ4v) is 2.47. The lowest BCUT2D eigenvalue weighted by Crippen LogP contribution is -2.27. The van der Waals surface area contributed by atoms with Crippen molar-refractivity contribution in [3.63, 3.8) is 0 Å². The van der Waals surface area contributed by atoms with Gasteiger partial charge in [-0.15, -0.1) is 10.2 Å². The summed E-state index contributed by atoms with van der Waals surface area (Å²) in [5.41, 5.74) is 1.97. The zero-order valence-electron chi connectivity index (χ0n) is 14.4. The number of benzene rings is 1. The van der Waals surface area contributed by atoms with Crippen LogP contribution in [0.25, 0.3) is 11.5 Å². The quantitative estimate of drug-likeness (QED) is 0.713. The number of esters is 1. The lowest BCUT2D eigenvalue weighted by atomic mass is 10.1. The smallest absolute Gasteiger partial charge is 0.335 e. The van der Waals surface area contributed by atoms with Crippen LogP contribution < -0.4 is 0 Å². The molecule has 7 nitrogen and oxygen atoms in total. The maximum absolute atomic E-state index is 12.0. The minimum Gasteiger partial charge on any atom is -0.454 e. The zero-order valence-corrected chi connectivity index (χ0v) is 14.4. The van der Waals surface area contributed by atoms with Crippen LogP contribution in [0.3, 0.4) is 0 Å². The molecular weight excluding hydrogens is 324 g/mol. The summed E-state index contributed by atoms with van der Waals surface area (Å²) in [4.78, 5) is 12.0. The molecule has 2 heterocycles. The van der Waals surface area contributed by atoms with Crippen LogP contribution in [-0.2, 0) is 25.6 Å². The number of hydrogen-bond acceptors (Lipinski definition) is 7. The third kappa shape index (κ3) is 4.87. The standard InChI is InChI=1S/C18H22N2O5/c1-12-5-7-14(8-6-12)17-20-19-16(25-17)11-24-18(21)13(2)23-10-15-4-3-9-22-15/h5-8,13,15H,3-4,9-11H2,1-2H3. The second-order valence-corrected chi connectivity index (χ2v) is 6.09. The predicted molar refractivity (Wildman–Crippen MR) is 88.7 cm³/mol. The molecule has 2 aromatic rings. The minimum atomic E-state index is -0.663. The summed E-state index contributed by atoms with van der Waals surface area (Å²) in [5, 5.41) is 7.87. The zero-order chi connectivity index (χ0) is 17.6. The SMILES string of the molecule is Cc1ccc(-c2nnc(COC(=O)C(C)OCC3CCCO3)o2)cc1. The molecule has 1 fully saturated rings. The molecule has 7 heteroatoms. The number of nitrogens with zero attached hydrogens (tertiary/aromatic N) is 2. The van der Waals surface area contributed by atoms with Crippen molar-refractivity contribution in [1.82, 2.24) is 10.2 Å². The van der Waals surface area contributed by atoms with Crippen LogP contribution in [0.2, 0.25) is 0 Å². The second kappa shape index (κ2) is 8.22. The Labute approximate surface area is 146 Å². The summed E-state index contributed by atoms with van der Waals surface area (Å²) >= 11 is 0. The second-order valence-electron chi connectivity index (χ2n) is 6.09. The summed E-state index contributed by atoms with van der Waals surface area (Å²) in [7, 11) is 0. The van der Waals surface area contributed by atoms with Gasteiger partial charge in [0.05, 0.1) is 12.7 Å². The van der Waals surface area contributed by atoms with Crippen molar-refractivity contribution >= 4 is 5.97 Å². The van der Waals surface area contributed by atoms with Crippen molar-refractivity contribution in [2.24, 2.45) is 0 Å². The Morgan fingerprint density at radius 2 is 2.12 bits per heavy atom. The number of carbonyl (C=O) groups excluding carboxylic acids is 1. The third-order valence-corrected chi connectivity index (χ3v) is 3.99. The lowest BCUT2D eigenvalue weighted by molar-refractivity contribution is -0.159. The highest BCUT2D eigenvalue weighted by Crippen LogP contribution is 2.18. The van der Waals surface area contributed by atoms with Gasteiger partial charge in [0, 0.05) is 12.2 Å². The van der Waals surface area contributed by atoms with Gasteiger partial charge in [-0.25, -0.2) is 4.79 Å². The summed E-state index contributed by atoms with van der Waals surface area (Å²) in [6.45, 7) is 4.74. The van der Waals surface area contributed by atoms with Crippen LogP contribution in [-0.4, -0.2) is 41.6 Å². The average molecular weight is 346 g/mol. The minimum absolute atomic E-state index is 0.0725. The molecule has 134 valence electrons. The highest BCUT2D eigenvalue weighted by Gasteiger charge is 2.21. The summed E-state index contributed by atoms with van der Waals surface area (Å²) < 4.78 is 21.6. The Hall–Kier alpha value is -2.25. The van der Waals surface area contributed by atoms with Crippen LogP contribution in [0.1, 0.15) is 31.2 Å². The van der Waals surface area contributed by atoms with Crippen LogP contribution in [0.4, 0.5) is 0 Å². The summed E-state index contributed by atoms with van der Waals surface area (Å²) in [6.07, 6.45) is 1.41. The van der Waals surface area contributed by atoms with E-state index in [-0.39, 0.29) is 18.6 Å². The molecule has 2 atom stereocenters. The Bertz CT molecular complexity index is 692. The lowest BCUT2D eigenvalue weighted by Gasteiger charge is -2.14. The normalized spacial score (nSPS) is 18.2. The van der Waals surface area contributed by atoms with E-state index in [1.54, 1.807) is 6.92 Å². The number of ether oxygens (including phenoxy) is 3. The molecule has 3 rings (SSSR count). The molecule has 0 amide bonds. The largest absolute Gasteiger partial charge is 0.454 e. The fraction of sp³-hybridized carbons (Fsp3) is 0.500. The van der Waals surface area contributed by atoms with Crippen molar-refractivity contribution in [2.45, 2.75) is 45.5 Å². The van der Waals surface area contributed by atoms with Crippen LogP contribution >= 0.6 is 0 Å². The van der Waals surface area contributed by atoms with Gasteiger partial charge in [-0.3, -0.25) is 0 Å². The number of carbonyl (C=O) groups is 1. The van der Waals surface area contributed by atoms with E-state index in [1.165, 1.54) is 0 Å². The molecule has 0 aliphatic carbocycles. The first-order valence-electron chi connectivity index (χ1n) is 8.41. The van der Waals surface area contributed by atoms with E-state index in [2.05, 4.69) is 10.2 Å². The van der Waals surface area contributed by atoms with Gasteiger partial charge in [-0.2, -0.15) is 0 Å².